The molecule has 2 aromatic rings. The van der Waals surface area contributed by atoms with Crippen LogP contribution in [-0.4, -0.2) is 25.0 Å². The maximum atomic E-state index is 11.9. The van der Waals surface area contributed by atoms with E-state index in [0.29, 0.717) is 0 Å². The van der Waals surface area contributed by atoms with Crippen LogP contribution >= 0.6 is 0 Å². The second-order valence-electron chi connectivity index (χ2n) is 5.55. The van der Waals surface area contributed by atoms with Crippen molar-refractivity contribution in [1.82, 2.24) is 5.32 Å². The molecule has 2 N–H and O–H groups in total. The number of anilines is 1. The number of hydrogen-bond acceptors (Lipinski definition) is 3. The summed E-state index contributed by atoms with van der Waals surface area (Å²) in [5, 5.41) is 5.38. The van der Waals surface area contributed by atoms with Gasteiger partial charge in [-0.3, -0.25) is 9.59 Å². The molecule has 0 aromatic heterocycles. The van der Waals surface area contributed by atoms with Crippen LogP contribution in [0.3, 0.4) is 0 Å². The zero-order chi connectivity index (χ0) is 17.4. The van der Waals surface area contributed by atoms with Gasteiger partial charge in [0.1, 0.15) is 5.75 Å². The SMILES string of the molecule is Cc1ccc(NC(=O)CNC(=O)CCOc2ccccc2)c(C)c1. The Morgan fingerprint density at radius 3 is 2.46 bits per heavy atom. The molecular weight excluding hydrogens is 304 g/mol. The van der Waals surface area contributed by atoms with Crippen molar-refractivity contribution < 1.29 is 14.3 Å². The van der Waals surface area contributed by atoms with Crippen molar-refractivity contribution in [3.63, 3.8) is 0 Å². The van der Waals surface area contributed by atoms with Crippen molar-refractivity contribution >= 4 is 17.5 Å². The van der Waals surface area contributed by atoms with Crippen molar-refractivity contribution in [3.8, 4) is 5.75 Å². The second kappa shape index (κ2) is 8.72. The molecule has 0 atom stereocenters. The number of rotatable bonds is 7. The topological polar surface area (TPSA) is 67.4 Å². The first kappa shape index (κ1) is 17.5. The van der Waals surface area contributed by atoms with Crippen molar-refractivity contribution in [2.45, 2.75) is 20.3 Å². The first-order valence-electron chi connectivity index (χ1n) is 7.86. The maximum Gasteiger partial charge on any atom is 0.243 e. The minimum atomic E-state index is -0.251. The fourth-order valence-electron chi connectivity index (χ4n) is 2.19. The van der Waals surface area contributed by atoms with Crippen molar-refractivity contribution in [2.24, 2.45) is 0 Å². The Kier molecular flexibility index (Phi) is 6.37. The van der Waals surface area contributed by atoms with Gasteiger partial charge in [0.25, 0.3) is 0 Å². The van der Waals surface area contributed by atoms with Gasteiger partial charge < -0.3 is 15.4 Å². The quantitative estimate of drug-likeness (QED) is 0.822. The molecule has 0 unspecified atom stereocenters. The zero-order valence-electron chi connectivity index (χ0n) is 14.0. The smallest absolute Gasteiger partial charge is 0.243 e. The summed E-state index contributed by atoms with van der Waals surface area (Å²) in [5.74, 6) is 0.249. The van der Waals surface area contributed by atoms with Gasteiger partial charge in [0, 0.05) is 5.69 Å². The molecule has 126 valence electrons. The molecule has 0 radical (unpaired) electrons. The third-order valence-corrected chi connectivity index (χ3v) is 3.44. The van der Waals surface area contributed by atoms with E-state index in [9.17, 15) is 9.59 Å². The van der Waals surface area contributed by atoms with Crippen LogP contribution in [0.15, 0.2) is 48.5 Å². The van der Waals surface area contributed by atoms with Gasteiger partial charge in [-0.05, 0) is 37.6 Å². The van der Waals surface area contributed by atoms with Crippen LogP contribution in [0.1, 0.15) is 17.5 Å². The summed E-state index contributed by atoms with van der Waals surface area (Å²) in [6, 6.07) is 15.1. The van der Waals surface area contributed by atoms with Crippen LogP contribution in [0.4, 0.5) is 5.69 Å². The molecule has 5 heteroatoms. The lowest BCUT2D eigenvalue weighted by atomic mass is 10.1. The number of amides is 2. The highest BCUT2D eigenvalue weighted by Crippen LogP contribution is 2.15. The summed E-state index contributed by atoms with van der Waals surface area (Å²) in [4.78, 5) is 23.6. The molecule has 5 nitrogen and oxygen atoms in total. The number of para-hydroxylation sites is 1. The van der Waals surface area contributed by atoms with Gasteiger partial charge in [-0.2, -0.15) is 0 Å². The minimum Gasteiger partial charge on any atom is -0.493 e. The Bertz CT molecular complexity index is 699. The number of hydrogen-bond donors (Lipinski definition) is 2. The fourth-order valence-corrected chi connectivity index (χ4v) is 2.19. The van der Waals surface area contributed by atoms with E-state index in [1.54, 1.807) is 0 Å². The Morgan fingerprint density at radius 2 is 1.75 bits per heavy atom. The fraction of sp³-hybridized carbons (Fsp3) is 0.263. The molecule has 2 amide bonds. The van der Waals surface area contributed by atoms with Gasteiger partial charge in [-0.15, -0.1) is 0 Å². The molecule has 2 rings (SSSR count). The summed E-state index contributed by atoms with van der Waals surface area (Å²) >= 11 is 0. The molecule has 0 saturated carbocycles. The van der Waals surface area contributed by atoms with Gasteiger partial charge in [0.05, 0.1) is 19.6 Å². The highest BCUT2D eigenvalue weighted by Gasteiger charge is 2.07. The first-order chi connectivity index (χ1) is 11.5. The number of carbonyl (C=O) groups is 2. The Balaban J connectivity index is 1.68. The van der Waals surface area contributed by atoms with Crippen LogP contribution in [0, 0.1) is 13.8 Å². The predicted octanol–water partition coefficient (Wildman–Crippen LogP) is 2.83. The van der Waals surface area contributed by atoms with Crippen LogP contribution in [0.2, 0.25) is 0 Å². The number of nitrogens with one attached hydrogen (secondary N) is 2. The number of aryl methyl sites for hydroxylation is 2. The predicted molar refractivity (Wildman–Crippen MR) is 94.1 cm³/mol. The standard InChI is InChI=1S/C19H22N2O3/c1-14-8-9-17(15(2)12-14)21-19(23)13-20-18(22)10-11-24-16-6-4-3-5-7-16/h3-9,12H,10-11,13H2,1-2H3,(H,20,22)(H,21,23). The van der Waals surface area contributed by atoms with Crippen LogP contribution < -0.4 is 15.4 Å². The average molecular weight is 326 g/mol. The number of carbonyl (C=O) groups excluding carboxylic acids is 2. The Morgan fingerprint density at radius 1 is 1.00 bits per heavy atom. The van der Waals surface area contributed by atoms with E-state index in [1.807, 2.05) is 62.4 Å². The molecule has 0 aliphatic carbocycles. The molecule has 0 heterocycles. The summed E-state index contributed by atoms with van der Waals surface area (Å²) < 4.78 is 5.44. The van der Waals surface area contributed by atoms with Gasteiger partial charge in [0.2, 0.25) is 11.8 Å². The first-order valence-corrected chi connectivity index (χ1v) is 7.86. The van der Waals surface area contributed by atoms with E-state index < -0.39 is 0 Å². The normalized spacial score (nSPS) is 10.1. The molecule has 0 aliphatic heterocycles. The zero-order valence-corrected chi connectivity index (χ0v) is 14.0. The average Bonchev–Trinajstić information content (AvgIpc) is 2.56. The molecule has 0 aliphatic rings. The van der Waals surface area contributed by atoms with E-state index in [0.717, 1.165) is 22.6 Å². The summed E-state index contributed by atoms with van der Waals surface area (Å²) in [5.41, 5.74) is 2.88. The van der Waals surface area contributed by atoms with Crippen molar-refractivity contribution in [3.05, 3.63) is 59.7 Å². The lowest BCUT2D eigenvalue weighted by molar-refractivity contribution is -0.124. The third kappa shape index (κ3) is 5.76. The summed E-state index contributed by atoms with van der Waals surface area (Å²) in [6.45, 7) is 4.14. The third-order valence-electron chi connectivity index (χ3n) is 3.44. The lowest BCUT2D eigenvalue weighted by Gasteiger charge is -2.10. The van der Waals surface area contributed by atoms with Gasteiger partial charge >= 0.3 is 0 Å². The highest BCUT2D eigenvalue weighted by molar-refractivity contribution is 5.95. The van der Waals surface area contributed by atoms with E-state index in [-0.39, 0.29) is 31.4 Å². The summed E-state index contributed by atoms with van der Waals surface area (Å²) in [6.07, 6.45) is 0.200. The van der Waals surface area contributed by atoms with E-state index in [1.165, 1.54) is 0 Å². The van der Waals surface area contributed by atoms with Gasteiger partial charge in [0.15, 0.2) is 0 Å². The minimum absolute atomic E-state index is 0.0580. The Hall–Kier alpha value is -2.82. The van der Waals surface area contributed by atoms with E-state index in [2.05, 4.69) is 10.6 Å². The van der Waals surface area contributed by atoms with Gasteiger partial charge in [-0.1, -0.05) is 35.9 Å². The molecule has 0 spiro atoms. The number of ether oxygens (including phenoxy) is 1. The monoisotopic (exact) mass is 326 g/mol. The maximum absolute atomic E-state index is 11.9. The van der Waals surface area contributed by atoms with E-state index in [4.69, 9.17) is 4.74 Å². The molecule has 0 bridgehead atoms. The van der Waals surface area contributed by atoms with Gasteiger partial charge in [-0.25, -0.2) is 0 Å². The van der Waals surface area contributed by atoms with Crippen molar-refractivity contribution in [2.75, 3.05) is 18.5 Å². The van der Waals surface area contributed by atoms with Crippen LogP contribution in [0.5, 0.6) is 5.75 Å². The second-order valence-corrected chi connectivity index (χ2v) is 5.55. The molecule has 24 heavy (non-hydrogen) atoms. The Labute approximate surface area is 142 Å². The van der Waals surface area contributed by atoms with Crippen LogP contribution in [0.25, 0.3) is 0 Å². The molecule has 2 aromatic carbocycles. The summed E-state index contributed by atoms with van der Waals surface area (Å²) in [7, 11) is 0. The highest BCUT2D eigenvalue weighted by atomic mass is 16.5. The molecule has 0 saturated heterocycles. The van der Waals surface area contributed by atoms with Crippen LogP contribution in [-0.2, 0) is 9.59 Å². The largest absolute Gasteiger partial charge is 0.493 e. The lowest BCUT2D eigenvalue weighted by Crippen LogP contribution is -2.33. The van der Waals surface area contributed by atoms with Crippen molar-refractivity contribution in [1.29, 1.82) is 0 Å². The number of benzene rings is 2. The molecular formula is C19H22N2O3. The molecule has 0 fully saturated rings. The van der Waals surface area contributed by atoms with E-state index >= 15 is 0 Å².